The van der Waals surface area contributed by atoms with E-state index in [4.69, 9.17) is 4.74 Å². The number of rotatable bonds is 9. The number of anilines is 1. The molecule has 1 N–H and O–H groups in total. The second-order valence-electron chi connectivity index (χ2n) is 6.69. The predicted molar refractivity (Wildman–Crippen MR) is 113 cm³/mol. The number of hydrogen-bond donors (Lipinski definition) is 1. The molecule has 0 saturated carbocycles. The molecule has 0 bridgehead atoms. The summed E-state index contributed by atoms with van der Waals surface area (Å²) >= 11 is 0. The van der Waals surface area contributed by atoms with Crippen LogP contribution in [0.15, 0.2) is 48.5 Å². The Morgan fingerprint density at radius 2 is 1.82 bits per heavy atom. The lowest BCUT2D eigenvalue weighted by Gasteiger charge is -2.19. The van der Waals surface area contributed by atoms with Gasteiger partial charge < -0.3 is 14.2 Å². The Labute approximate surface area is 166 Å². The first kappa shape index (κ1) is 20.0. The fourth-order valence-corrected chi connectivity index (χ4v) is 3.27. The molecule has 0 aliphatic rings. The number of benzene rings is 2. The van der Waals surface area contributed by atoms with Gasteiger partial charge >= 0.3 is 0 Å². The molecule has 28 heavy (non-hydrogen) atoms. The fourth-order valence-electron chi connectivity index (χ4n) is 3.27. The fraction of sp³-hybridized carbons (Fsp3) is 0.364. The maximum absolute atomic E-state index is 12.8. The summed E-state index contributed by atoms with van der Waals surface area (Å²) < 4.78 is 7.21. The van der Waals surface area contributed by atoms with Crippen LogP contribution in [0.4, 0.5) is 5.95 Å². The van der Waals surface area contributed by atoms with Crippen LogP contribution < -0.4 is 5.32 Å². The minimum absolute atomic E-state index is 0.164. The summed E-state index contributed by atoms with van der Waals surface area (Å²) in [5, 5.41) is 2.99. The predicted octanol–water partition coefficient (Wildman–Crippen LogP) is 3.78. The number of fused-ring (bicyclic) bond motifs is 1. The van der Waals surface area contributed by atoms with Crippen LogP contribution >= 0.6 is 0 Å². The van der Waals surface area contributed by atoms with Gasteiger partial charge in [-0.25, -0.2) is 4.98 Å². The van der Waals surface area contributed by atoms with Crippen LogP contribution in [0.2, 0.25) is 0 Å². The zero-order valence-corrected chi connectivity index (χ0v) is 16.8. The van der Waals surface area contributed by atoms with E-state index in [2.05, 4.69) is 33.6 Å². The zero-order chi connectivity index (χ0) is 19.9. The van der Waals surface area contributed by atoms with Crippen LogP contribution in [0.5, 0.6) is 0 Å². The number of ether oxygens (including phenoxy) is 1. The van der Waals surface area contributed by atoms with Crippen molar-refractivity contribution in [1.29, 1.82) is 0 Å². The Bertz CT molecular complexity index is 914. The highest BCUT2D eigenvalue weighted by molar-refractivity contribution is 6.04. The van der Waals surface area contributed by atoms with Crippen molar-refractivity contribution in [3.8, 4) is 0 Å². The van der Waals surface area contributed by atoms with Gasteiger partial charge in [0.2, 0.25) is 5.95 Å². The quantitative estimate of drug-likeness (QED) is 0.614. The van der Waals surface area contributed by atoms with Gasteiger partial charge in [-0.3, -0.25) is 10.1 Å². The molecule has 1 amide bonds. The number of nitrogens with one attached hydrogen (secondary N) is 1. The Kier molecular flexibility index (Phi) is 6.79. The van der Waals surface area contributed by atoms with Gasteiger partial charge in [0.15, 0.2) is 0 Å². The van der Waals surface area contributed by atoms with Gasteiger partial charge in [-0.05, 0) is 42.9 Å². The normalized spacial score (nSPS) is 11.3. The topological polar surface area (TPSA) is 59.4 Å². The molecule has 0 aliphatic heterocycles. The molecule has 0 radical (unpaired) electrons. The highest BCUT2D eigenvalue weighted by Crippen LogP contribution is 2.20. The summed E-state index contributed by atoms with van der Waals surface area (Å²) in [6.07, 6.45) is 0. The molecule has 0 aliphatic carbocycles. The van der Waals surface area contributed by atoms with Crippen LogP contribution in [0.25, 0.3) is 11.0 Å². The molecule has 0 spiro atoms. The monoisotopic (exact) mass is 380 g/mol. The third-order valence-corrected chi connectivity index (χ3v) is 4.94. The highest BCUT2D eigenvalue weighted by Gasteiger charge is 2.15. The summed E-state index contributed by atoms with van der Waals surface area (Å²) in [7, 11) is 1.66. The first-order valence-corrected chi connectivity index (χ1v) is 9.73. The van der Waals surface area contributed by atoms with E-state index in [-0.39, 0.29) is 5.91 Å². The van der Waals surface area contributed by atoms with Gasteiger partial charge in [0.05, 0.1) is 17.6 Å². The average molecular weight is 380 g/mol. The second-order valence-corrected chi connectivity index (χ2v) is 6.69. The van der Waals surface area contributed by atoms with E-state index < -0.39 is 0 Å². The molecule has 148 valence electrons. The summed E-state index contributed by atoms with van der Waals surface area (Å²) in [6.45, 7) is 8.52. The van der Waals surface area contributed by atoms with Crippen molar-refractivity contribution in [2.75, 3.05) is 32.1 Å². The van der Waals surface area contributed by atoms with Gasteiger partial charge in [-0.15, -0.1) is 0 Å². The van der Waals surface area contributed by atoms with Gasteiger partial charge in [0.1, 0.15) is 0 Å². The van der Waals surface area contributed by atoms with Crippen molar-refractivity contribution in [2.45, 2.75) is 27.0 Å². The van der Waals surface area contributed by atoms with E-state index in [0.29, 0.717) is 18.1 Å². The third-order valence-electron chi connectivity index (χ3n) is 4.94. The number of carbonyl (C=O) groups excluding carboxylic acids is 1. The number of hydrogen-bond acceptors (Lipinski definition) is 4. The van der Waals surface area contributed by atoms with Crippen LogP contribution in [-0.4, -0.2) is 47.1 Å². The molecule has 1 heterocycles. The number of aromatic nitrogens is 2. The molecular formula is C22H28N4O2. The van der Waals surface area contributed by atoms with Gasteiger partial charge in [-0.2, -0.15) is 0 Å². The van der Waals surface area contributed by atoms with Crippen LogP contribution in [-0.2, 0) is 17.9 Å². The first-order valence-electron chi connectivity index (χ1n) is 9.73. The summed E-state index contributed by atoms with van der Waals surface area (Å²) in [6, 6.07) is 15.4. The van der Waals surface area contributed by atoms with Gasteiger partial charge in [-0.1, -0.05) is 38.1 Å². The Morgan fingerprint density at radius 3 is 2.50 bits per heavy atom. The Balaban J connectivity index is 1.83. The van der Waals surface area contributed by atoms with Gasteiger partial charge in [0.25, 0.3) is 5.91 Å². The van der Waals surface area contributed by atoms with Crippen LogP contribution in [0.1, 0.15) is 29.8 Å². The molecular weight excluding hydrogens is 352 g/mol. The number of likely N-dealkylation sites (N-methyl/N-ethyl adjacent to an activating group) is 1. The van der Waals surface area contributed by atoms with E-state index in [1.54, 1.807) is 7.11 Å². The molecule has 0 fully saturated rings. The number of methoxy groups -OCH3 is 1. The van der Waals surface area contributed by atoms with Crippen molar-refractivity contribution in [2.24, 2.45) is 0 Å². The van der Waals surface area contributed by atoms with E-state index in [0.717, 1.165) is 42.8 Å². The number of amides is 1. The molecule has 1 aromatic heterocycles. The summed E-state index contributed by atoms with van der Waals surface area (Å²) in [5.41, 5.74) is 3.54. The molecule has 0 saturated heterocycles. The van der Waals surface area contributed by atoms with E-state index in [1.165, 1.54) is 0 Å². The molecule has 6 nitrogen and oxygen atoms in total. The summed E-state index contributed by atoms with van der Waals surface area (Å²) in [4.78, 5) is 19.8. The maximum atomic E-state index is 12.8. The van der Waals surface area contributed by atoms with Crippen molar-refractivity contribution >= 4 is 22.9 Å². The van der Waals surface area contributed by atoms with Crippen LogP contribution in [0.3, 0.4) is 0 Å². The number of carbonyl (C=O) groups is 1. The minimum Gasteiger partial charge on any atom is -0.380 e. The number of para-hydroxylation sites is 2. The summed E-state index contributed by atoms with van der Waals surface area (Å²) in [5.74, 6) is 0.419. The molecule has 6 heteroatoms. The lowest BCUT2D eigenvalue weighted by Crippen LogP contribution is -2.27. The lowest BCUT2D eigenvalue weighted by atomic mass is 10.1. The van der Waals surface area contributed by atoms with Crippen LogP contribution in [0, 0.1) is 0 Å². The maximum Gasteiger partial charge on any atom is 0.257 e. The second kappa shape index (κ2) is 9.48. The van der Waals surface area contributed by atoms with Crippen molar-refractivity contribution in [3.63, 3.8) is 0 Å². The van der Waals surface area contributed by atoms with Gasteiger partial charge in [0, 0.05) is 25.8 Å². The molecule has 2 aromatic carbocycles. The smallest absolute Gasteiger partial charge is 0.257 e. The van der Waals surface area contributed by atoms with E-state index >= 15 is 0 Å². The zero-order valence-electron chi connectivity index (χ0n) is 16.8. The molecule has 0 unspecified atom stereocenters. The lowest BCUT2D eigenvalue weighted by molar-refractivity contribution is 0.102. The molecule has 0 atom stereocenters. The standard InChI is InChI=1S/C22H28N4O2/c1-4-25(5-2)14-15-26-20-9-7-6-8-19(20)23-22(26)24-21(27)18-12-10-17(11-13-18)16-28-3/h6-13H,4-5,14-16H2,1-3H3,(H,23,24,27). The molecule has 3 rings (SSSR count). The minimum atomic E-state index is -0.164. The first-order chi connectivity index (χ1) is 13.7. The highest BCUT2D eigenvalue weighted by atomic mass is 16.5. The SMILES string of the molecule is CCN(CC)CCn1c(NC(=O)c2ccc(COC)cc2)nc2ccccc21. The number of nitrogens with zero attached hydrogens (tertiary/aromatic N) is 3. The Morgan fingerprint density at radius 1 is 1.11 bits per heavy atom. The average Bonchev–Trinajstić information content (AvgIpc) is 3.06. The largest absolute Gasteiger partial charge is 0.380 e. The van der Waals surface area contributed by atoms with Crippen molar-refractivity contribution in [1.82, 2.24) is 14.5 Å². The van der Waals surface area contributed by atoms with E-state index in [9.17, 15) is 4.79 Å². The van der Waals surface area contributed by atoms with Crippen molar-refractivity contribution < 1.29 is 9.53 Å². The Hall–Kier alpha value is -2.70. The third kappa shape index (κ3) is 4.58. The molecule has 3 aromatic rings. The van der Waals surface area contributed by atoms with E-state index in [1.807, 2.05) is 48.5 Å². The number of imidazole rings is 1. The van der Waals surface area contributed by atoms with Crippen molar-refractivity contribution in [3.05, 3.63) is 59.7 Å².